The third-order valence-electron chi connectivity index (χ3n) is 3.08. The monoisotopic (exact) mass is 343 g/mol. The number of halogens is 1. The molecule has 0 amide bonds. The molecule has 3 rings (SSSR count). The van der Waals surface area contributed by atoms with Crippen LogP contribution in [0.5, 0.6) is 0 Å². The summed E-state index contributed by atoms with van der Waals surface area (Å²) in [5.74, 6) is 0. The molecule has 0 bridgehead atoms. The predicted octanol–water partition coefficient (Wildman–Crippen LogP) is 6.03. The number of nitrogens with one attached hydrogen (secondary N) is 1. The van der Waals surface area contributed by atoms with Crippen LogP contribution in [0.15, 0.2) is 70.0 Å². The first-order valence-electron chi connectivity index (χ1n) is 6.40. The van der Waals surface area contributed by atoms with E-state index in [-0.39, 0.29) is 0 Å². The first kappa shape index (κ1) is 13.5. The predicted molar refractivity (Wildman–Crippen MR) is 92.3 cm³/mol. The highest BCUT2D eigenvalue weighted by atomic mass is 79.9. The molecule has 1 N–H and O–H groups in total. The lowest BCUT2D eigenvalue weighted by Gasteiger charge is -2.09. The van der Waals surface area contributed by atoms with Gasteiger partial charge in [0.2, 0.25) is 0 Å². The van der Waals surface area contributed by atoms with Crippen molar-refractivity contribution in [2.45, 2.75) is 11.8 Å². The number of aryl methyl sites for hydroxylation is 1. The van der Waals surface area contributed by atoms with Crippen molar-refractivity contribution in [2.75, 3.05) is 4.72 Å². The van der Waals surface area contributed by atoms with Crippen LogP contribution < -0.4 is 4.72 Å². The fourth-order valence-electron chi connectivity index (χ4n) is 2.19. The van der Waals surface area contributed by atoms with Crippen LogP contribution >= 0.6 is 27.9 Å². The SMILES string of the molecule is Cc1cc(Br)cc(SNc2cccc3ccccc23)c1. The third kappa shape index (κ3) is 3.00. The number of fused-ring (bicyclic) bond motifs is 1. The van der Waals surface area contributed by atoms with Crippen molar-refractivity contribution < 1.29 is 0 Å². The number of benzene rings is 3. The Morgan fingerprint density at radius 3 is 2.60 bits per heavy atom. The van der Waals surface area contributed by atoms with E-state index in [0.717, 1.165) is 10.2 Å². The summed E-state index contributed by atoms with van der Waals surface area (Å²) in [6.45, 7) is 2.10. The van der Waals surface area contributed by atoms with E-state index in [9.17, 15) is 0 Å². The third-order valence-corrected chi connectivity index (χ3v) is 4.34. The molecular weight excluding hydrogens is 330 g/mol. The lowest BCUT2D eigenvalue weighted by Crippen LogP contribution is -1.88. The summed E-state index contributed by atoms with van der Waals surface area (Å²) in [5.41, 5.74) is 2.40. The second kappa shape index (κ2) is 5.90. The average Bonchev–Trinajstić information content (AvgIpc) is 2.44. The van der Waals surface area contributed by atoms with Crippen molar-refractivity contribution >= 4 is 44.3 Å². The first-order chi connectivity index (χ1) is 9.72. The van der Waals surface area contributed by atoms with E-state index in [1.807, 2.05) is 0 Å². The summed E-state index contributed by atoms with van der Waals surface area (Å²) >= 11 is 5.17. The molecule has 0 aliphatic carbocycles. The fraction of sp³-hybridized carbons (Fsp3) is 0.0588. The highest BCUT2D eigenvalue weighted by Gasteiger charge is 2.02. The van der Waals surface area contributed by atoms with Crippen molar-refractivity contribution in [3.05, 3.63) is 70.7 Å². The van der Waals surface area contributed by atoms with E-state index in [1.165, 1.54) is 21.2 Å². The number of hydrogen-bond donors (Lipinski definition) is 1. The Balaban J connectivity index is 1.87. The second-order valence-corrected chi connectivity index (χ2v) is 6.49. The van der Waals surface area contributed by atoms with Gasteiger partial charge in [-0.15, -0.1) is 0 Å². The summed E-state index contributed by atoms with van der Waals surface area (Å²) in [5, 5.41) is 2.50. The van der Waals surface area contributed by atoms with Gasteiger partial charge < -0.3 is 4.72 Å². The molecule has 0 radical (unpaired) electrons. The molecule has 3 aromatic carbocycles. The van der Waals surface area contributed by atoms with E-state index >= 15 is 0 Å². The van der Waals surface area contributed by atoms with Gasteiger partial charge >= 0.3 is 0 Å². The molecule has 3 heteroatoms. The molecular formula is C17H14BrNS. The van der Waals surface area contributed by atoms with Crippen LogP contribution in [0.1, 0.15) is 5.56 Å². The molecule has 0 saturated carbocycles. The van der Waals surface area contributed by atoms with Gasteiger partial charge in [0.25, 0.3) is 0 Å². The highest BCUT2D eigenvalue weighted by molar-refractivity contribution is 9.10. The molecule has 0 atom stereocenters. The van der Waals surface area contributed by atoms with Crippen molar-refractivity contribution in [2.24, 2.45) is 0 Å². The molecule has 0 aliphatic rings. The maximum atomic E-state index is 3.54. The lowest BCUT2D eigenvalue weighted by atomic mass is 10.1. The van der Waals surface area contributed by atoms with Gasteiger partial charge in [-0.05, 0) is 54.1 Å². The molecule has 0 saturated heterocycles. The zero-order chi connectivity index (χ0) is 13.9. The molecule has 0 spiro atoms. The zero-order valence-electron chi connectivity index (χ0n) is 11.1. The maximum absolute atomic E-state index is 3.54. The molecule has 0 unspecified atom stereocenters. The molecule has 1 nitrogen and oxygen atoms in total. The molecule has 0 aliphatic heterocycles. The average molecular weight is 344 g/mol. The van der Waals surface area contributed by atoms with Gasteiger partial charge in [0.1, 0.15) is 0 Å². The van der Waals surface area contributed by atoms with Crippen LogP contribution in [-0.2, 0) is 0 Å². The fourth-order valence-corrected chi connectivity index (χ4v) is 3.79. The normalized spacial score (nSPS) is 10.7. The van der Waals surface area contributed by atoms with Gasteiger partial charge in [0.15, 0.2) is 0 Å². The highest BCUT2D eigenvalue weighted by Crippen LogP contribution is 2.29. The van der Waals surface area contributed by atoms with E-state index < -0.39 is 0 Å². The Labute approximate surface area is 131 Å². The molecule has 0 fully saturated rings. The van der Waals surface area contributed by atoms with E-state index in [1.54, 1.807) is 11.9 Å². The largest absolute Gasteiger partial charge is 0.325 e. The Morgan fingerprint density at radius 1 is 0.950 bits per heavy atom. The number of rotatable bonds is 3. The minimum atomic E-state index is 1.11. The minimum absolute atomic E-state index is 1.11. The Bertz CT molecular complexity index is 729. The maximum Gasteiger partial charge on any atom is 0.0522 e. The summed E-state index contributed by atoms with van der Waals surface area (Å²) in [6.07, 6.45) is 0. The lowest BCUT2D eigenvalue weighted by molar-refractivity contribution is 1.34. The molecule has 0 aromatic heterocycles. The van der Waals surface area contributed by atoms with Gasteiger partial charge in [0, 0.05) is 14.8 Å². The summed E-state index contributed by atoms with van der Waals surface area (Å²) < 4.78 is 4.57. The van der Waals surface area contributed by atoms with Crippen LogP contribution in [0.2, 0.25) is 0 Å². The Hall–Kier alpha value is -1.45. The Kier molecular flexibility index (Phi) is 3.99. The van der Waals surface area contributed by atoms with Gasteiger partial charge in [-0.1, -0.05) is 52.3 Å². The number of hydrogen-bond acceptors (Lipinski definition) is 2. The van der Waals surface area contributed by atoms with Crippen LogP contribution in [-0.4, -0.2) is 0 Å². The summed E-state index contributed by atoms with van der Waals surface area (Å²) in [7, 11) is 0. The van der Waals surface area contributed by atoms with E-state index in [2.05, 4.69) is 88.2 Å². The first-order valence-corrected chi connectivity index (χ1v) is 8.01. The van der Waals surface area contributed by atoms with Crippen LogP contribution in [0.4, 0.5) is 5.69 Å². The van der Waals surface area contributed by atoms with Crippen molar-refractivity contribution in [1.29, 1.82) is 0 Å². The van der Waals surface area contributed by atoms with Gasteiger partial charge in [-0.3, -0.25) is 0 Å². The van der Waals surface area contributed by atoms with Crippen molar-refractivity contribution in [3.63, 3.8) is 0 Å². The molecule has 100 valence electrons. The van der Waals surface area contributed by atoms with E-state index in [4.69, 9.17) is 0 Å². The second-order valence-electron chi connectivity index (χ2n) is 4.70. The summed E-state index contributed by atoms with van der Waals surface area (Å²) in [6, 6.07) is 21.1. The molecule has 20 heavy (non-hydrogen) atoms. The zero-order valence-corrected chi connectivity index (χ0v) is 13.5. The molecule has 3 aromatic rings. The number of anilines is 1. The Morgan fingerprint density at radius 2 is 1.75 bits per heavy atom. The van der Waals surface area contributed by atoms with Crippen molar-refractivity contribution in [3.8, 4) is 0 Å². The topological polar surface area (TPSA) is 12.0 Å². The standard InChI is InChI=1S/C17H14BrNS/c1-12-9-14(18)11-15(10-12)20-19-17-8-4-6-13-5-2-3-7-16(13)17/h2-11,19H,1H3. The molecule has 0 heterocycles. The minimum Gasteiger partial charge on any atom is -0.325 e. The smallest absolute Gasteiger partial charge is 0.0522 e. The van der Waals surface area contributed by atoms with Crippen LogP contribution in [0, 0.1) is 6.92 Å². The van der Waals surface area contributed by atoms with Gasteiger partial charge in [0.05, 0.1) is 5.69 Å². The summed E-state index contributed by atoms with van der Waals surface area (Å²) in [4.78, 5) is 1.20. The van der Waals surface area contributed by atoms with Gasteiger partial charge in [-0.25, -0.2) is 0 Å². The van der Waals surface area contributed by atoms with Gasteiger partial charge in [-0.2, -0.15) is 0 Å². The van der Waals surface area contributed by atoms with Crippen LogP contribution in [0.3, 0.4) is 0 Å². The van der Waals surface area contributed by atoms with E-state index in [0.29, 0.717) is 0 Å². The van der Waals surface area contributed by atoms with Crippen LogP contribution in [0.25, 0.3) is 10.8 Å². The van der Waals surface area contributed by atoms with Crippen molar-refractivity contribution in [1.82, 2.24) is 0 Å². The quantitative estimate of drug-likeness (QED) is 0.582.